The van der Waals surface area contributed by atoms with Crippen molar-refractivity contribution < 1.29 is 4.79 Å². The zero-order chi connectivity index (χ0) is 13.8. The van der Waals surface area contributed by atoms with Crippen molar-refractivity contribution in [1.82, 2.24) is 9.88 Å². The molecule has 2 fully saturated rings. The van der Waals surface area contributed by atoms with Crippen LogP contribution in [0.15, 0.2) is 18.2 Å². The zero-order valence-electron chi connectivity index (χ0n) is 12.1. The highest BCUT2D eigenvalue weighted by Crippen LogP contribution is 2.19. The van der Waals surface area contributed by atoms with Crippen LogP contribution in [-0.2, 0) is 0 Å². The van der Waals surface area contributed by atoms with E-state index in [9.17, 15) is 4.79 Å². The molecule has 2 aliphatic rings. The second-order valence-corrected chi connectivity index (χ2v) is 5.78. The fraction of sp³-hybridized carbons (Fsp3) is 0.625. The molecule has 0 aromatic carbocycles. The molecule has 3 rings (SSSR count). The smallest absolute Gasteiger partial charge is 0.272 e. The van der Waals surface area contributed by atoms with E-state index in [2.05, 4.69) is 9.88 Å². The van der Waals surface area contributed by atoms with Crippen LogP contribution in [0, 0.1) is 0 Å². The lowest BCUT2D eigenvalue weighted by Crippen LogP contribution is -2.32. The highest BCUT2D eigenvalue weighted by Gasteiger charge is 2.20. The SMILES string of the molecule is O=C(c1cccc(N2CCCC2)n1)N1CCCCCC1. The van der Waals surface area contributed by atoms with Gasteiger partial charge in [-0.3, -0.25) is 4.79 Å². The lowest BCUT2D eigenvalue weighted by molar-refractivity contribution is 0.0756. The maximum Gasteiger partial charge on any atom is 0.272 e. The van der Waals surface area contributed by atoms with E-state index < -0.39 is 0 Å². The second kappa shape index (κ2) is 6.25. The molecule has 0 atom stereocenters. The minimum absolute atomic E-state index is 0.105. The molecular weight excluding hydrogens is 250 g/mol. The average molecular weight is 273 g/mol. The van der Waals surface area contributed by atoms with Gasteiger partial charge in [-0.2, -0.15) is 0 Å². The van der Waals surface area contributed by atoms with E-state index in [0.717, 1.165) is 44.8 Å². The van der Waals surface area contributed by atoms with Crippen LogP contribution in [0.3, 0.4) is 0 Å². The number of anilines is 1. The van der Waals surface area contributed by atoms with E-state index >= 15 is 0 Å². The standard InChI is InChI=1S/C16H23N3O/c20-16(19-12-3-1-2-4-13-19)14-8-7-9-15(17-14)18-10-5-6-11-18/h7-9H,1-6,10-13H2. The Labute approximate surface area is 120 Å². The van der Waals surface area contributed by atoms with Gasteiger partial charge in [-0.05, 0) is 37.8 Å². The van der Waals surface area contributed by atoms with Gasteiger partial charge in [0.2, 0.25) is 0 Å². The lowest BCUT2D eigenvalue weighted by Gasteiger charge is -2.21. The third-order valence-corrected chi connectivity index (χ3v) is 4.28. The molecule has 0 unspecified atom stereocenters. The molecule has 4 heteroatoms. The van der Waals surface area contributed by atoms with Crippen molar-refractivity contribution in [3.63, 3.8) is 0 Å². The molecule has 1 amide bonds. The van der Waals surface area contributed by atoms with Crippen LogP contribution in [-0.4, -0.2) is 42.0 Å². The Bertz CT molecular complexity index is 461. The van der Waals surface area contributed by atoms with Crippen LogP contribution in [0.1, 0.15) is 49.0 Å². The first-order valence-electron chi connectivity index (χ1n) is 7.86. The summed E-state index contributed by atoms with van der Waals surface area (Å²) in [7, 11) is 0. The van der Waals surface area contributed by atoms with E-state index in [1.807, 2.05) is 23.1 Å². The molecule has 1 aromatic heterocycles. The summed E-state index contributed by atoms with van der Waals surface area (Å²) in [5.41, 5.74) is 0.608. The summed E-state index contributed by atoms with van der Waals surface area (Å²) < 4.78 is 0. The first-order chi connectivity index (χ1) is 9.84. The van der Waals surface area contributed by atoms with E-state index in [-0.39, 0.29) is 5.91 Å². The van der Waals surface area contributed by atoms with E-state index in [1.54, 1.807) is 0 Å². The normalized spacial score (nSPS) is 20.0. The average Bonchev–Trinajstić information content (AvgIpc) is 2.89. The van der Waals surface area contributed by atoms with Gasteiger partial charge in [0.15, 0.2) is 0 Å². The number of nitrogens with zero attached hydrogens (tertiary/aromatic N) is 3. The van der Waals surface area contributed by atoms with Crippen molar-refractivity contribution in [1.29, 1.82) is 0 Å². The number of aromatic nitrogens is 1. The Hall–Kier alpha value is -1.58. The van der Waals surface area contributed by atoms with Gasteiger partial charge in [0, 0.05) is 26.2 Å². The summed E-state index contributed by atoms with van der Waals surface area (Å²) in [6.07, 6.45) is 7.18. The van der Waals surface area contributed by atoms with Gasteiger partial charge in [-0.1, -0.05) is 18.9 Å². The maximum atomic E-state index is 12.6. The summed E-state index contributed by atoms with van der Waals surface area (Å²) >= 11 is 0. The van der Waals surface area contributed by atoms with Crippen LogP contribution in [0.25, 0.3) is 0 Å². The van der Waals surface area contributed by atoms with Crippen molar-refractivity contribution in [2.75, 3.05) is 31.1 Å². The Morgan fingerprint density at radius 1 is 0.900 bits per heavy atom. The molecule has 2 saturated heterocycles. The Morgan fingerprint density at radius 3 is 2.25 bits per heavy atom. The molecule has 0 N–H and O–H groups in total. The van der Waals surface area contributed by atoms with Crippen LogP contribution in [0.2, 0.25) is 0 Å². The largest absolute Gasteiger partial charge is 0.357 e. The first-order valence-corrected chi connectivity index (χ1v) is 7.86. The summed E-state index contributed by atoms with van der Waals surface area (Å²) in [6, 6.07) is 5.84. The van der Waals surface area contributed by atoms with Crippen molar-refractivity contribution in [3.8, 4) is 0 Å². The fourth-order valence-corrected chi connectivity index (χ4v) is 3.10. The molecule has 0 radical (unpaired) electrons. The zero-order valence-corrected chi connectivity index (χ0v) is 12.1. The number of pyridine rings is 1. The van der Waals surface area contributed by atoms with Crippen LogP contribution >= 0.6 is 0 Å². The number of amides is 1. The monoisotopic (exact) mass is 273 g/mol. The Kier molecular flexibility index (Phi) is 4.19. The molecule has 20 heavy (non-hydrogen) atoms. The summed E-state index contributed by atoms with van der Waals surface area (Å²) in [6.45, 7) is 3.89. The minimum Gasteiger partial charge on any atom is -0.357 e. The van der Waals surface area contributed by atoms with Gasteiger partial charge in [0.1, 0.15) is 11.5 Å². The topological polar surface area (TPSA) is 36.4 Å². The van der Waals surface area contributed by atoms with Crippen molar-refractivity contribution in [3.05, 3.63) is 23.9 Å². The number of carbonyl (C=O) groups is 1. The van der Waals surface area contributed by atoms with E-state index in [0.29, 0.717) is 5.69 Å². The fourth-order valence-electron chi connectivity index (χ4n) is 3.10. The van der Waals surface area contributed by atoms with Crippen LogP contribution in [0.4, 0.5) is 5.82 Å². The molecule has 3 heterocycles. The quantitative estimate of drug-likeness (QED) is 0.831. The molecule has 1 aromatic rings. The summed E-state index contributed by atoms with van der Waals surface area (Å²) in [4.78, 5) is 21.4. The van der Waals surface area contributed by atoms with E-state index in [4.69, 9.17) is 0 Å². The molecule has 0 saturated carbocycles. The van der Waals surface area contributed by atoms with Crippen LogP contribution in [0.5, 0.6) is 0 Å². The third kappa shape index (κ3) is 2.94. The first kappa shape index (κ1) is 13.4. The van der Waals surface area contributed by atoms with Gasteiger partial charge in [0.05, 0.1) is 0 Å². The molecule has 2 aliphatic heterocycles. The van der Waals surface area contributed by atoms with Crippen molar-refractivity contribution in [2.24, 2.45) is 0 Å². The molecule has 0 bridgehead atoms. The van der Waals surface area contributed by atoms with Gasteiger partial charge < -0.3 is 9.80 Å². The number of rotatable bonds is 2. The van der Waals surface area contributed by atoms with Crippen molar-refractivity contribution >= 4 is 11.7 Å². The third-order valence-electron chi connectivity index (χ3n) is 4.28. The number of carbonyl (C=O) groups excluding carboxylic acids is 1. The molecule has 108 valence electrons. The van der Waals surface area contributed by atoms with Crippen LogP contribution < -0.4 is 4.90 Å². The Balaban J connectivity index is 1.75. The van der Waals surface area contributed by atoms with Crippen molar-refractivity contribution in [2.45, 2.75) is 38.5 Å². The van der Waals surface area contributed by atoms with Gasteiger partial charge in [-0.15, -0.1) is 0 Å². The predicted octanol–water partition coefficient (Wildman–Crippen LogP) is 2.70. The van der Waals surface area contributed by atoms with E-state index in [1.165, 1.54) is 25.7 Å². The lowest BCUT2D eigenvalue weighted by atomic mass is 10.2. The number of hydrogen-bond donors (Lipinski definition) is 0. The molecular formula is C16H23N3O. The predicted molar refractivity (Wildman–Crippen MR) is 80.1 cm³/mol. The minimum atomic E-state index is 0.105. The highest BCUT2D eigenvalue weighted by molar-refractivity contribution is 5.92. The van der Waals surface area contributed by atoms with Gasteiger partial charge in [0.25, 0.3) is 5.91 Å². The summed E-state index contributed by atoms with van der Waals surface area (Å²) in [5.74, 6) is 1.07. The molecule has 0 aliphatic carbocycles. The summed E-state index contributed by atoms with van der Waals surface area (Å²) in [5, 5.41) is 0. The highest BCUT2D eigenvalue weighted by atomic mass is 16.2. The second-order valence-electron chi connectivity index (χ2n) is 5.78. The van der Waals surface area contributed by atoms with Gasteiger partial charge in [-0.25, -0.2) is 4.98 Å². The maximum absolute atomic E-state index is 12.6. The van der Waals surface area contributed by atoms with Gasteiger partial charge >= 0.3 is 0 Å². The Morgan fingerprint density at radius 2 is 1.55 bits per heavy atom. The molecule has 4 nitrogen and oxygen atoms in total. The molecule has 0 spiro atoms. The number of hydrogen-bond acceptors (Lipinski definition) is 3. The number of likely N-dealkylation sites (tertiary alicyclic amines) is 1.